The van der Waals surface area contributed by atoms with E-state index in [4.69, 9.17) is 26.8 Å². The Balaban J connectivity index is 0.000000226. The molecule has 0 heterocycles. The number of rotatable bonds is 7. The third-order valence-corrected chi connectivity index (χ3v) is 5.73. The number of carbonyl (C=O) groups is 2. The first kappa shape index (κ1) is 31.1. The Bertz CT molecular complexity index is 1360. The summed E-state index contributed by atoms with van der Waals surface area (Å²) in [6.07, 6.45) is 0. The van der Waals surface area contributed by atoms with E-state index in [9.17, 15) is 9.59 Å². The predicted octanol–water partition coefficient (Wildman–Crippen LogP) is 6.46. The molecule has 4 rings (SSSR count). The maximum atomic E-state index is 12.1. The van der Waals surface area contributed by atoms with Crippen LogP contribution in [0.1, 0.15) is 43.0 Å². The lowest BCUT2D eigenvalue weighted by Crippen LogP contribution is -2.23. The molecular formula is C32H35ClN2O4. The van der Waals surface area contributed by atoms with Crippen LogP contribution < -0.4 is 20.5 Å². The summed E-state index contributed by atoms with van der Waals surface area (Å²) in [5.41, 5.74) is 11.1. The number of aryl methyl sites for hydroxylation is 2. The van der Waals surface area contributed by atoms with Crippen molar-refractivity contribution in [2.45, 2.75) is 26.9 Å². The number of benzene rings is 4. The highest BCUT2D eigenvalue weighted by Crippen LogP contribution is 2.19. The molecule has 0 fully saturated rings. The van der Waals surface area contributed by atoms with Crippen molar-refractivity contribution in [3.63, 3.8) is 0 Å². The fourth-order valence-corrected chi connectivity index (χ4v) is 3.73. The second-order valence-electron chi connectivity index (χ2n) is 8.54. The molecule has 1 amide bonds. The van der Waals surface area contributed by atoms with E-state index in [-0.39, 0.29) is 5.91 Å². The van der Waals surface area contributed by atoms with Crippen LogP contribution in [0.5, 0.6) is 11.5 Å². The molecular weight excluding hydrogens is 512 g/mol. The lowest BCUT2D eigenvalue weighted by atomic mass is 10.1. The molecule has 0 spiro atoms. The van der Waals surface area contributed by atoms with Gasteiger partial charge in [0, 0.05) is 13.1 Å². The Morgan fingerprint density at radius 1 is 0.718 bits per heavy atom. The smallest absolute Gasteiger partial charge is 0.256 e. The van der Waals surface area contributed by atoms with E-state index in [0.717, 1.165) is 5.56 Å². The Hall–Kier alpha value is -4.13. The van der Waals surface area contributed by atoms with Gasteiger partial charge in [0.25, 0.3) is 11.1 Å². The molecule has 0 unspecified atom stereocenters. The minimum Gasteiger partial charge on any atom is -0.496 e. The zero-order valence-corrected chi connectivity index (χ0v) is 23.5. The number of amides is 1. The van der Waals surface area contributed by atoms with Crippen LogP contribution in [0.25, 0.3) is 0 Å². The molecule has 0 radical (unpaired) electrons. The molecule has 0 aromatic heterocycles. The number of hydrogen-bond acceptors (Lipinski definition) is 5. The Morgan fingerprint density at radius 3 is 1.67 bits per heavy atom. The Kier molecular flexibility index (Phi) is 13.3. The van der Waals surface area contributed by atoms with Gasteiger partial charge in [-0.25, -0.2) is 0 Å². The zero-order chi connectivity index (χ0) is 28.6. The molecule has 39 heavy (non-hydrogen) atoms. The lowest BCUT2D eigenvalue weighted by molar-refractivity contribution is 0.0947. The molecule has 0 saturated heterocycles. The molecule has 0 aliphatic rings. The number of methoxy groups -OCH3 is 2. The quantitative estimate of drug-likeness (QED) is 0.259. The van der Waals surface area contributed by atoms with E-state index in [1.165, 1.54) is 23.8 Å². The Labute approximate surface area is 235 Å². The first-order chi connectivity index (χ1) is 18.8. The topological polar surface area (TPSA) is 90.6 Å². The first-order valence-electron chi connectivity index (χ1n) is 12.3. The van der Waals surface area contributed by atoms with Gasteiger partial charge in [0.2, 0.25) is 0 Å². The largest absolute Gasteiger partial charge is 0.496 e. The maximum Gasteiger partial charge on any atom is 0.256 e. The highest BCUT2D eigenvalue weighted by Gasteiger charge is 2.10. The number of nitrogens with two attached hydrogens (primary N) is 1. The summed E-state index contributed by atoms with van der Waals surface area (Å²) < 4.78 is 10.1. The van der Waals surface area contributed by atoms with Crippen molar-refractivity contribution in [2.24, 2.45) is 5.73 Å². The second-order valence-corrected chi connectivity index (χ2v) is 8.88. The SMILES string of the molecule is COc1ccccc1C(=O)Cl.COc1ccccc1C(=O)NCc1cccc(C)c1.Cc1cccc(CN)c1. The number of hydrogen-bond donors (Lipinski definition) is 2. The highest BCUT2D eigenvalue weighted by atomic mass is 35.5. The van der Waals surface area contributed by atoms with Crippen molar-refractivity contribution in [3.05, 3.63) is 130 Å². The van der Waals surface area contributed by atoms with Crippen LogP contribution in [0.15, 0.2) is 97.1 Å². The molecule has 0 atom stereocenters. The molecule has 4 aromatic carbocycles. The van der Waals surface area contributed by atoms with Gasteiger partial charge < -0.3 is 20.5 Å². The number of halogens is 1. The third kappa shape index (κ3) is 10.6. The second kappa shape index (κ2) is 16.7. The molecule has 204 valence electrons. The van der Waals surface area contributed by atoms with Gasteiger partial charge in [-0.05, 0) is 60.8 Å². The number of nitrogens with one attached hydrogen (secondary N) is 1. The summed E-state index contributed by atoms with van der Waals surface area (Å²) in [4.78, 5) is 22.8. The molecule has 0 saturated carbocycles. The average molecular weight is 547 g/mol. The molecule has 0 aliphatic heterocycles. The van der Waals surface area contributed by atoms with Crippen LogP contribution >= 0.6 is 11.6 Å². The number of carbonyl (C=O) groups excluding carboxylic acids is 2. The third-order valence-electron chi connectivity index (χ3n) is 5.52. The minimum absolute atomic E-state index is 0.126. The summed E-state index contributed by atoms with van der Waals surface area (Å²) in [7, 11) is 3.06. The van der Waals surface area contributed by atoms with Crippen molar-refractivity contribution in [2.75, 3.05) is 14.2 Å². The van der Waals surface area contributed by atoms with E-state index in [1.807, 2.05) is 49.4 Å². The maximum absolute atomic E-state index is 12.1. The van der Waals surface area contributed by atoms with Crippen molar-refractivity contribution in [1.82, 2.24) is 5.32 Å². The van der Waals surface area contributed by atoms with Crippen molar-refractivity contribution >= 4 is 22.8 Å². The summed E-state index contributed by atoms with van der Waals surface area (Å²) in [5.74, 6) is 0.968. The van der Waals surface area contributed by atoms with Crippen LogP contribution in [0, 0.1) is 13.8 Å². The van der Waals surface area contributed by atoms with Crippen molar-refractivity contribution in [3.8, 4) is 11.5 Å². The first-order valence-corrected chi connectivity index (χ1v) is 12.7. The summed E-state index contributed by atoms with van der Waals surface area (Å²) >= 11 is 5.27. The molecule has 4 aromatic rings. The van der Waals surface area contributed by atoms with Crippen LogP contribution in [0.4, 0.5) is 0 Å². The van der Waals surface area contributed by atoms with Crippen molar-refractivity contribution in [1.29, 1.82) is 0 Å². The van der Waals surface area contributed by atoms with Gasteiger partial charge >= 0.3 is 0 Å². The molecule has 7 heteroatoms. The molecule has 0 bridgehead atoms. The predicted molar refractivity (Wildman–Crippen MR) is 158 cm³/mol. The fourth-order valence-electron chi connectivity index (χ4n) is 3.58. The van der Waals surface area contributed by atoms with Gasteiger partial charge in [-0.2, -0.15) is 0 Å². The molecule has 3 N–H and O–H groups in total. The van der Waals surface area contributed by atoms with E-state index in [1.54, 1.807) is 43.5 Å². The van der Waals surface area contributed by atoms with Crippen LogP contribution in [0.3, 0.4) is 0 Å². The van der Waals surface area contributed by atoms with Gasteiger partial charge in [-0.15, -0.1) is 0 Å². The van der Waals surface area contributed by atoms with Crippen molar-refractivity contribution < 1.29 is 19.1 Å². The highest BCUT2D eigenvalue weighted by molar-refractivity contribution is 6.68. The summed E-state index contributed by atoms with van der Waals surface area (Å²) in [5, 5.41) is 2.40. The minimum atomic E-state index is -0.498. The van der Waals surface area contributed by atoms with Crippen LogP contribution in [-0.4, -0.2) is 25.4 Å². The van der Waals surface area contributed by atoms with Gasteiger partial charge in [0.05, 0.1) is 25.3 Å². The number of para-hydroxylation sites is 2. The summed E-state index contributed by atoms with van der Waals surface area (Å²) in [6, 6.07) is 30.3. The summed E-state index contributed by atoms with van der Waals surface area (Å²) in [6.45, 7) is 5.25. The van der Waals surface area contributed by atoms with Gasteiger partial charge in [0.1, 0.15) is 11.5 Å². The molecule has 0 aliphatic carbocycles. The monoisotopic (exact) mass is 546 g/mol. The zero-order valence-electron chi connectivity index (χ0n) is 22.7. The van der Waals surface area contributed by atoms with E-state index >= 15 is 0 Å². The van der Waals surface area contributed by atoms with Gasteiger partial charge in [-0.1, -0.05) is 83.9 Å². The van der Waals surface area contributed by atoms with E-state index in [2.05, 4.69) is 30.4 Å². The lowest BCUT2D eigenvalue weighted by Gasteiger charge is -2.09. The Morgan fingerprint density at radius 2 is 1.21 bits per heavy atom. The van der Waals surface area contributed by atoms with Gasteiger partial charge in [0.15, 0.2) is 0 Å². The standard InChI is InChI=1S/C16H17NO2.C8H7ClO2.C8H11N/c1-12-6-5-7-13(10-12)11-17-16(18)14-8-3-4-9-15(14)19-2;1-11-7-5-3-2-4-6(7)8(9)10;1-7-3-2-4-8(5-7)6-9/h3-10H,11H2,1-2H3,(H,17,18);2-5H,1H3;2-5H,6,9H2,1H3. The van der Waals surface area contributed by atoms with Crippen LogP contribution in [0.2, 0.25) is 0 Å². The van der Waals surface area contributed by atoms with E-state index < -0.39 is 5.24 Å². The van der Waals surface area contributed by atoms with Crippen LogP contribution in [-0.2, 0) is 13.1 Å². The molecule has 6 nitrogen and oxygen atoms in total. The number of ether oxygens (including phenoxy) is 2. The average Bonchev–Trinajstić information content (AvgIpc) is 2.96. The van der Waals surface area contributed by atoms with Gasteiger partial charge in [-0.3, -0.25) is 9.59 Å². The van der Waals surface area contributed by atoms with E-state index in [0.29, 0.717) is 35.7 Å². The fraction of sp³-hybridized carbons (Fsp3) is 0.188. The normalized spacial score (nSPS) is 9.69.